The average molecular weight is 241 g/mol. The van der Waals surface area contributed by atoms with Gasteiger partial charge in [-0.3, -0.25) is 0 Å². The molecule has 0 atom stereocenters. The monoisotopic (exact) mass is 241 g/mol. The molecule has 0 aromatic carbocycles. The predicted octanol–water partition coefficient (Wildman–Crippen LogP) is 2.73. The first kappa shape index (κ1) is 13.5. The maximum atomic E-state index is 4.50. The van der Waals surface area contributed by atoms with Crippen LogP contribution in [0.2, 0.25) is 0 Å². The van der Waals surface area contributed by atoms with Crippen LogP contribution in [-0.4, -0.2) is 24.6 Å². The summed E-state index contributed by atoms with van der Waals surface area (Å²) in [7, 11) is 0. The fraction of sp³-hybridized carbons (Fsp3) is 0.750. The van der Waals surface area contributed by atoms with Crippen molar-refractivity contribution in [3.05, 3.63) is 11.1 Å². The zero-order valence-corrected chi connectivity index (χ0v) is 11.6. The Balaban J connectivity index is 2.59. The third-order valence-corrected chi connectivity index (χ3v) is 3.39. The van der Waals surface area contributed by atoms with E-state index in [1.165, 1.54) is 4.88 Å². The standard InChI is InChI=1S/C12H23N3S/c1-5-13-7-11-8-14-12(16-11)15(6-2)9-10(3)4/h8,10,13H,5-7,9H2,1-4H3. The van der Waals surface area contributed by atoms with Crippen LogP contribution in [0.4, 0.5) is 5.13 Å². The SMILES string of the molecule is CCNCc1cnc(N(CC)CC(C)C)s1. The summed E-state index contributed by atoms with van der Waals surface area (Å²) in [5, 5.41) is 4.48. The molecule has 0 saturated carbocycles. The van der Waals surface area contributed by atoms with Crippen LogP contribution in [0.3, 0.4) is 0 Å². The Morgan fingerprint density at radius 1 is 1.44 bits per heavy atom. The topological polar surface area (TPSA) is 28.2 Å². The van der Waals surface area contributed by atoms with Crippen LogP contribution in [0.25, 0.3) is 0 Å². The minimum Gasteiger partial charge on any atom is -0.348 e. The number of rotatable bonds is 7. The van der Waals surface area contributed by atoms with Gasteiger partial charge < -0.3 is 10.2 Å². The molecule has 16 heavy (non-hydrogen) atoms. The van der Waals surface area contributed by atoms with Crippen molar-refractivity contribution in [2.45, 2.75) is 34.2 Å². The number of thiazole rings is 1. The minimum atomic E-state index is 0.682. The molecule has 4 heteroatoms. The lowest BCUT2D eigenvalue weighted by molar-refractivity contribution is 0.618. The number of nitrogens with zero attached hydrogens (tertiary/aromatic N) is 2. The van der Waals surface area contributed by atoms with E-state index in [2.05, 4.69) is 42.9 Å². The van der Waals surface area contributed by atoms with E-state index in [9.17, 15) is 0 Å². The molecule has 1 aromatic rings. The molecule has 1 heterocycles. The van der Waals surface area contributed by atoms with Gasteiger partial charge in [0, 0.05) is 30.7 Å². The highest BCUT2D eigenvalue weighted by Gasteiger charge is 2.10. The maximum absolute atomic E-state index is 4.50. The molecular formula is C12H23N3S. The molecule has 0 aliphatic rings. The fourth-order valence-corrected chi connectivity index (χ4v) is 2.51. The molecule has 0 bridgehead atoms. The summed E-state index contributed by atoms with van der Waals surface area (Å²) in [4.78, 5) is 8.17. The third-order valence-electron chi connectivity index (χ3n) is 2.33. The van der Waals surface area contributed by atoms with Crippen LogP contribution in [0.1, 0.15) is 32.6 Å². The second-order valence-electron chi connectivity index (χ2n) is 4.32. The van der Waals surface area contributed by atoms with Gasteiger partial charge in [0.1, 0.15) is 0 Å². The number of hydrogen-bond acceptors (Lipinski definition) is 4. The van der Waals surface area contributed by atoms with E-state index in [0.29, 0.717) is 5.92 Å². The minimum absolute atomic E-state index is 0.682. The normalized spacial score (nSPS) is 11.1. The molecule has 0 amide bonds. The van der Waals surface area contributed by atoms with Gasteiger partial charge in [0.15, 0.2) is 5.13 Å². The maximum Gasteiger partial charge on any atom is 0.185 e. The largest absolute Gasteiger partial charge is 0.348 e. The quantitative estimate of drug-likeness (QED) is 0.795. The van der Waals surface area contributed by atoms with Gasteiger partial charge in [-0.1, -0.05) is 20.8 Å². The fourth-order valence-electron chi connectivity index (χ4n) is 1.56. The van der Waals surface area contributed by atoms with Crippen molar-refractivity contribution >= 4 is 16.5 Å². The van der Waals surface area contributed by atoms with E-state index in [-0.39, 0.29) is 0 Å². The van der Waals surface area contributed by atoms with Gasteiger partial charge in [0.05, 0.1) is 0 Å². The number of aromatic nitrogens is 1. The second kappa shape index (κ2) is 6.86. The number of anilines is 1. The summed E-state index contributed by atoms with van der Waals surface area (Å²) in [5.41, 5.74) is 0. The highest BCUT2D eigenvalue weighted by atomic mass is 32.1. The molecule has 0 radical (unpaired) electrons. The van der Waals surface area contributed by atoms with Gasteiger partial charge in [-0.2, -0.15) is 0 Å². The summed E-state index contributed by atoms with van der Waals surface area (Å²) in [5.74, 6) is 0.682. The first-order valence-corrected chi connectivity index (χ1v) is 6.89. The second-order valence-corrected chi connectivity index (χ2v) is 5.42. The highest BCUT2D eigenvalue weighted by molar-refractivity contribution is 7.15. The molecule has 0 aliphatic carbocycles. The molecule has 1 N–H and O–H groups in total. The van der Waals surface area contributed by atoms with Gasteiger partial charge in [-0.15, -0.1) is 11.3 Å². The van der Waals surface area contributed by atoms with Crippen LogP contribution in [0, 0.1) is 5.92 Å². The van der Waals surface area contributed by atoms with Gasteiger partial charge in [0.2, 0.25) is 0 Å². The third kappa shape index (κ3) is 4.10. The number of nitrogens with one attached hydrogen (secondary N) is 1. The lowest BCUT2D eigenvalue weighted by Crippen LogP contribution is -2.26. The van der Waals surface area contributed by atoms with Gasteiger partial charge in [-0.05, 0) is 19.4 Å². The Hall–Kier alpha value is -0.610. The zero-order chi connectivity index (χ0) is 12.0. The van der Waals surface area contributed by atoms with Crippen LogP contribution in [0.15, 0.2) is 6.20 Å². The summed E-state index contributed by atoms with van der Waals surface area (Å²) in [6.07, 6.45) is 1.99. The van der Waals surface area contributed by atoms with Crippen molar-refractivity contribution in [2.75, 3.05) is 24.5 Å². The van der Waals surface area contributed by atoms with Crippen molar-refractivity contribution in [3.8, 4) is 0 Å². The van der Waals surface area contributed by atoms with E-state index in [1.54, 1.807) is 11.3 Å². The van der Waals surface area contributed by atoms with Crippen molar-refractivity contribution < 1.29 is 0 Å². The Morgan fingerprint density at radius 2 is 2.19 bits per heavy atom. The Morgan fingerprint density at radius 3 is 2.75 bits per heavy atom. The molecule has 3 nitrogen and oxygen atoms in total. The highest BCUT2D eigenvalue weighted by Crippen LogP contribution is 2.23. The molecule has 0 spiro atoms. The van der Waals surface area contributed by atoms with E-state index in [0.717, 1.165) is 31.3 Å². The van der Waals surface area contributed by atoms with Crippen molar-refractivity contribution in [1.82, 2.24) is 10.3 Å². The lowest BCUT2D eigenvalue weighted by atomic mass is 10.2. The lowest BCUT2D eigenvalue weighted by Gasteiger charge is -2.21. The summed E-state index contributed by atoms with van der Waals surface area (Å²) in [6.45, 7) is 12.9. The van der Waals surface area contributed by atoms with E-state index < -0.39 is 0 Å². The van der Waals surface area contributed by atoms with Crippen LogP contribution in [0.5, 0.6) is 0 Å². The van der Waals surface area contributed by atoms with Crippen molar-refractivity contribution in [1.29, 1.82) is 0 Å². The number of hydrogen-bond donors (Lipinski definition) is 1. The summed E-state index contributed by atoms with van der Waals surface area (Å²) < 4.78 is 0. The smallest absolute Gasteiger partial charge is 0.185 e. The van der Waals surface area contributed by atoms with Crippen molar-refractivity contribution in [2.24, 2.45) is 5.92 Å². The van der Waals surface area contributed by atoms with Crippen molar-refractivity contribution in [3.63, 3.8) is 0 Å². The Bertz CT molecular complexity index is 296. The molecule has 0 saturated heterocycles. The van der Waals surface area contributed by atoms with Gasteiger partial charge in [-0.25, -0.2) is 4.98 Å². The molecule has 92 valence electrons. The first-order chi connectivity index (χ1) is 7.67. The Labute approximate surface area is 103 Å². The average Bonchev–Trinajstić information content (AvgIpc) is 2.71. The van der Waals surface area contributed by atoms with Crippen LogP contribution >= 0.6 is 11.3 Å². The van der Waals surface area contributed by atoms with Crippen LogP contribution in [-0.2, 0) is 6.54 Å². The molecular weight excluding hydrogens is 218 g/mol. The summed E-state index contributed by atoms with van der Waals surface area (Å²) in [6, 6.07) is 0. The van der Waals surface area contributed by atoms with Gasteiger partial charge in [0.25, 0.3) is 0 Å². The summed E-state index contributed by atoms with van der Waals surface area (Å²) >= 11 is 1.80. The first-order valence-electron chi connectivity index (χ1n) is 6.07. The van der Waals surface area contributed by atoms with E-state index in [1.807, 2.05) is 6.20 Å². The van der Waals surface area contributed by atoms with E-state index in [4.69, 9.17) is 0 Å². The molecule has 0 aliphatic heterocycles. The van der Waals surface area contributed by atoms with E-state index >= 15 is 0 Å². The van der Waals surface area contributed by atoms with Crippen LogP contribution < -0.4 is 10.2 Å². The zero-order valence-electron chi connectivity index (χ0n) is 10.8. The Kier molecular flexibility index (Phi) is 5.77. The molecule has 1 rings (SSSR count). The molecule has 0 fully saturated rings. The predicted molar refractivity (Wildman–Crippen MR) is 72.2 cm³/mol. The van der Waals surface area contributed by atoms with Gasteiger partial charge >= 0.3 is 0 Å². The molecule has 0 unspecified atom stereocenters. The molecule has 1 aromatic heterocycles.